The first-order valence-corrected chi connectivity index (χ1v) is 34.2. The van der Waals surface area contributed by atoms with Crippen molar-refractivity contribution in [3.63, 3.8) is 0 Å². The Morgan fingerprint density at radius 2 is 0.731 bits per heavy atom. The number of allylic oxidation sites excluding steroid dienone is 5. The van der Waals surface area contributed by atoms with Gasteiger partial charge in [-0.3, -0.25) is 4.79 Å². The van der Waals surface area contributed by atoms with Crippen molar-refractivity contribution in [2.24, 2.45) is 0 Å². The summed E-state index contributed by atoms with van der Waals surface area (Å²) in [5, 5.41) is 54.7. The molecule has 0 spiro atoms. The topological polar surface area (TPSA) is 149 Å². The van der Waals surface area contributed by atoms with E-state index in [9.17, 15) is 30.3 Å². The van der Waals surface area contributed by atoms with Crippen LogP contribution in [0.1, 0.15) is 341 Å². The predicted octanol–water partition coefficient (Wildman–Crippen LogP) is 18.3. The molecule has 0 radical (unpaired) electrons. The van der Waals surface area contributed by atoms with Gasteiger partial charge in [0.1, 0.15) is 24.4 Å². The third-order valence-corrected chi connectivity index (χ3v) is 16.4. The molecular weight excluding hydrogens is 971 g/mol. The molecule has 78 heavy (non-hydrogen) atoms. The van der Waals surface area contributed by atoms with Crippen molar-refractivity contribution in [1.29, 1.82) is 0 Å². The quantitative estimate of drug-likeness (QED) is 0.0261. The Hall–Kier alpha value is -1.59. The molecular formula is C69H131NO8. The molecule has 0 aliphatic carbocycles. The van der Waals surface area contributed by atoms with Crippen LogP contribution in [0.5, 0.6) is 0 Å². The second kappa shape index (κ2) is 58.6. The van der Waals surface area contributed by atoms with Crippen molar-refractivity contribution in [1.82, 2.24) is 5.32 Å². The lowest BCUT2D eigenvalue weighted by Crippen LogP contribution is -2.60. The number of aliphatic hydroxyl groups is 5. The number of unbranched alkanes of at least 4 members (excludes halogenated alkanes) is 46. The van der Waals surface area contributed by atoms with Crippen LogP contribution in [0.25, 0.3) is 0 Å². The summed E-state index contributed by atoms with van der Waals surface area (Å²) < 4.78 is 11.3. The first-order chi connectivity index (χ1) is 38.3. The monoisotopic (exact) mass is 1100 g/mol. The number of carbonyl (C=O) groups is 1. The Bertz CT molecular complexity index is 1320. The summed E-state index contributed by atoms with van der Waals surface area (Å²) >= 11 is 0. The third-order valence-electron chi connectivity index (χ3n) is 16.4. The molecule has 1 aliphatic rings. The van der Waals surface area contributed by atoms with Crippen LogP contribution in [0, 0.1) is 0 Å². The molecule has 9 nitrogen and oxygen atoms in total. The number of rotatable bonds is 60. The lowest BCUT2D eigenvalue weighted by molar-refractivity contribution is -0.302. The Morgan fingerprint density at radius 1 is 0.423 bits per heavy atom. The van der Waals surface area contributed by atoms with E-state index in [0.29, 0.717) is 6.42 Å². The highest BCUT2D eigenvalue weighted by Gasteiger charge is 2.44. The lowest BCUT2D eigenvalue weighted by Gasteiger charge is -2.40. The zero-order valence-electron chi connectivity index (χ0n) is 51.4. The van der Waals surface area contributed by atoms with Crippen molar-refractivity contribution >= 4 is 5.91 Å². The average Bonchev–Trinajstić information content (AvgIpc) is 3.45. The van der Waals surface area contributed by atoms with E-state index < -0.39 is 49.5 Å². The maximum absolute atomic E-state index is 13.1. The highest BCUT2D eigenvalue weighted by Crippen LogP contribution is 2.23. The van der Waals surface area contributed by atoms with Gasteiger partial charge in [-0.15, -0.1) is 0 Å². The van der Waals surface area contributed by atoms with E-state index in [1.165, 1.54) is 276 Å². The molecule has 460 valence electrons. The van der Waals surface area contributed by atoms with Crippen LogP contribution in [-0.4, -0.2) is 87.5 Å². The largest absolute Gasteiger partial charge is 0.394 e. The van der Waals surface area contributed by atoms with Crippen molar-refractivity contribution in [2.75, 3.05) is 13.2 Å². The average molecular weight is 1100 g/mol. The summed E-state index contributed by atoms with van der Waals surface area (Å²) in [7, 11) is 0. The molecule has 7 atom stereocenters. The minimum atomic E-state index is -1.57. The molecule has 0 aromatic carbocycles. The summed E-state index contributed by atoms with van der Waals surface area (Å²) in [6.45, 7) is 3.81. The van der Waals surface area contributed by atoms with Gasteiger partial charge < -0.3 is 40.3 Å². The van der Waals surface area contributed by atoms with Crippen LogP contribution in [0.3, 0.4) is 0 Å². The number of ether oxygens (including phenoxy) is 2. The van der Waals surface area contributed by atoms with Gasteiger partial charge in [0.2, 0.25) is 5.91 Å². The fourth-order valence-electron chi connectivity index (χ4n) is 11.1. The zero-order valence-corrected chi connectivity index (χ0v) is 51.4. The van der Waals surface area contributed by atoms with Crippen molar-refractivity contribution in [3.8, 4) is 0 Å². The number of hydrogen-bond acceptors (Lipinski definition) is 8. The Labute approximate surface area is 482 Å². The first kappa shape index (κ1) is 74.4. The van der Waals surface area contributed by atoms with Gasteiger partial charge in [-0.1, -0.05) is 326 Å². The number of aliphatic hydroxyl groups excluding tert-OH is 5. The Balaban J connectivity index is 2.17. The number of amides is 1. The van der Waals surface area contributed by atoms with Gasteiger partial charge in [0.25, 0.3) is 0 Å². The number of hydrogen-bond donors (Lipinski definition) is 6. The summed E-state index contributed by atoms with van der Waals surface area (Å²) in [6.07, 6.45) is 71.1. The van der Waals surface area contributed by atoms with Crippen LogP contribution in [-0.2, 0) is 14.3 Å². The first-order valence-electron chi connectivity index (χ1n) is 34.2. The molecule has 0 bridgehead atoms. The lowest BCUT2D eigenvalue weighted by atomic mass is 9.99. The fourth-order valence-corrected chi connectivity index (χ4v) is 11.1. The molecule has 1 aliphatic heterocycles. The molecule has 1 fully saturated rings. The number of nitrogens with one attached hydrogen (secondary N) is 1. The van der Waals surface area contributed by atoms with E-state index in [-0.39, 0.29) is 12.5 Å². The predicted molar refractivity (Wildman–Crippen MR) is 332 cm³/mol. The molecule has 1 amide bonds. The minimum Gasteiger partial charge on any atom is -0.394 e. The summed E-state index contributed by atoms with van der Waals surface area (Å²) in [4.78, 5) is 13.1. The van der Waals surface area contributed by atoms with Crippen molar-refractivity contribution in [2.45, 2.75) is 384 Å². The van der Waals surface area contributed by atoms with E-state index in [1.54, 1.807) is 6.08 Å². The van der Waals surface area contributed by atoms with E-state index in [4.69, 9.17) is 9.47 Å². The molecule has 9 heteroatoms. The van der Waals surface area contributed by atoms with Crippen molar-refractivity contribution in [3.05, 3.63) is 36.5 Å². The molecule has 0 saturated carbocycles. The summed E-state index contributed by atoms with van der Waals surface area (Å²) in [6, 6.07) is -0.828. The number of carbonyl (C=O) groups excluding carboxylic acids is 1. The van der Waals surface area contributed by atoms with E-state index in [0.717, 1.165) is 44.9 Å². The van der Waals surface area contributed by atoms with E-state index in [2.05, 4.69) is 43.5 Å². The van der Waals surface area contributed by atoms with Crippen LogP contribution in [0.15, 0.2) is 36.5 Å². The van der Waals surface area contributed by atoms with Crippen LogP contribution < -0.4 is 5.32 Å². The molecule has 1 rings (SSSR count). The zero-order chi connectivity index (χ0) is 56.5. The standard InChI is InChI=1S/C69H131NO8/c1-3-5-7-9-11-13-15-17-19-21-23-25-27-29-31-33-34-36-38-40-42-44-46-48-50-52-54-56-58-63(72)62(61-77-69-68(76)67(75)66(74)64(60-71)78-69)70-65(73)59-57-55-53-51-49-47-45-43-41-39-37-35-32-30-28-26-24-22-20-18-16-14-12-10-8-6-4-2/h40,42,48,50,56,58,62-64,66-69,71-72,74-76H,3-39,41,43-47,49,51-55,57,59-61H2,1-2H3,(H,70,73)/b42-40+,50-48+,58-56+. The SMILES string of the molecule is CCCCCCCCCCCCCCCCCCCC/C=C/CC/C=C/CC/C=C/C(O)C(COC1OC(CO)C(O)C(O)C1O)NC(=O)CCCCCCCCCCCCCCCCCCCCCCCCCCCCC. The highest BCUT2D eigenvalue weighted by molar-refractivity contribution is 5.76. The second-order valence-electron chi connectivity index (χ2n) is 24.0. The molecule has 0 aromatic rings. The van der Waals surface area contributed by atoms with Gasteiger partial charge in [0, 0.05) is 6.42 Å². The summed E-state index contributed by atoms with van der Waals surface area (Å²) in [5.74, 6) is -0.183. The Kier molecular flexibility index (Phi) is 55.9. The van der Waals surface area contributed by atoms with Crippen LogP contribution in [0.4, 0.5) is 0 Å². The maximum Gasteiger partial charge on any atom is 0.220 e. The molecule has 0 aromatic heterocycles. The molecule has 1 heterocycles. The van der Waals surface area contributed by atoms with Gasteiger partial charge in [-0.05, 0) is 44.9 Å². The van der Waals surface area contributed by atoms with Gasteiger partial charge in [0.15, 0.2) is 6.29 Å². The van der Waals surface area contributed by atoms with E-state index in [1.807, 2.05) is 6.08 Å². The van der Waals surface area contributed by atoms with Gasteiger partial charge in [-0.25, -0.2) is 0 Å². The normalized spacial score (nSPS) is 18.8. The maximum atomic E-state index is 13.1. The highest BCUT2D eigenvalue weighted by atomic mass is 16.7. The molecule has 6 N–H and O–H groups in total. The minimum absolute atomic E-state index is 0.183. The second-order valence-corrected chi connectivity index (χ2v) is 24.0. The fraction of sp³-hybridized carbons (Fsp3) is 0.899. The molecule has 7 unspecified atom stereocenters. The van der Waals surface area contributed by atoms with Crippen LogP contribution >= 0.6 is 0 Å². The third kappa shape index (κ3) is 47.0. The molecule has 1 saturated heterocycles. The van der Waals surface area contributed by atoms with Gasteiger partial charge in [0.05, 0.1) is 25.4 Å². The Morgan fingerprint density at radius 3 is 1.08 bits per heavy atom. The van der Waals surface area contributed by atoms with Crippen molar-refractivity contribution < 1.29 is 39.8 Å². The summed E-state index contributed by atoms with van der Waals surface area (Å²) in [5.41, 5.74) is 0. The smallest absolute Gasteiger partial charge is 0.220 e. The van der Waals surface area contributed by atoms with Gasteiger partial charge >= 0.3 is 0 Å². The van der Waals surface area contributed by atoms with Crippen LogP contribution in [0.2, 0.25) is 0 Å². The van der Waals surface area contributed by atoms with E-state index >= 15 is 0 Å². The van der Waals surface area contributed by atoms with Gasteiger partial charge in [-0.2, -0.15) is 0 Å².